The van der Waals surface area contributed by atoms with E-state index < -0.39 is 22.1 Å². The first-order valence-electron chi connectivity index (χ1n) is 4.78. The molecule has 0 unspecified atom stereocenters. The molecular weight excluding hydrogens is 222 g/mol. The van der Waals surface area contributed by atoms with Gasteiger partial charge >= 0.3 is 5.97 Å². The molecule has 0 aromatic heterocycles. The predicted molar refractivity (Wildman–Crippen MR) is 55.4 cm³/mol. The highest BCUT2D eigenvalue weighted by molar-refractivity contribution is 7.85. The summed E-state index contributed by atoms with van der Waals surface area (Å²) in [6.45, 7) is 2.13. The second kappa shape index (κ2) is 6.76. The van der Waals surface area contributed by atoms with Crippen molar-refractivity contribution >= 4 is 16.1 Å². The Morgan fingerprint density at radius 3 is 2.47 bits per heavy atom. The molecule has 0 rings (SSSR count). The first kappa shape index (κ1) is 14.3. The first-order valence-corrected chi connectivity index (χ1v) is 6.39. The van der Waals surface area contributed by atoms with Crippen LogP contribution < -0.4 is 5.32 Å². The molecule has 0 aliphatic heterocycles. The van der Waals surface area contributed by atoms with E-state index in [2.05, 4.69) is 5.32 Å². The van der Waals surface area contributed by atoms with Crippen molar-refractivity contribution < 1.29 is 22.9 Å². The summed E-state index contributed by atoms with van der Waals surface area (Å²) in [7, 11) is -3.94. The van der Waals surface area contributed by atoms with Gasteiger partial charge in [-0.05, 0) is 19.4 Å². The van der Waals surface area contributed by atoms with Crippen LogP contribution in [0.4, 0.5) is 0 Å². The molecule has 15 heavy (non-hydrogen) atoms. The van der Waals surface area contributed by atoms with E-state index in [4.69, 9.17) is 9.66 Å². The summed E-state index contributed by atoms with van der Waals surface area (Å²) in [6.07, 6.45) is 1.44. The van der Waals surface area contributed by atoms with Crippen LogP contribution in [-0.4, -0.2) is 42.4 Å². The summed E-state index contributed by atoms with van der Waals surface area (Å²) in [5.41, 5.74) is 0. The molecule has 6 nitrogen and oxygen atoms in total. The molecule has 0 spiro atoms. The molecular formula is C8H17NO5S. The van der Waals surface area contributed by atoms with Crippen molar-refractivity contribution in [2.75, 3.05) is 12.3 Å². The van der Waals surface area contributed by atoms with Crippen LogP contribution in [0, 0.1) is 0 Å². The van der Waals surface area contributed by atoms with E-state index in [1.165, 1.54) is 0 Å². The number of rotatable bonds is 8. The van der Waals surface area contributed by atoms with Crippen molar-refractivity contribution in [2.45, 2.75) is 32.2 Å². The van der Waals surface area contributed by atoms with Crippen LogP contribution in [-0.2, 0) is 14.9 Å². The van der Waals surface area contributed by atoms with E-state index in [1.807, 2.05) is 6.92 Å². The number of carbonyl (C=O) groups is 1. The van der Waals surface area contributed by atoms with Gasteiger partial charge in [0.15, 0.2) is 0 Å². The van der Waals surface area contributed by atoms with E-state index in [1.54, 1.807) is 0 Å². The van der Waals surface area contributed by atoms with E-state index in [0.717, 1.165) is 6.42 Å². The molecule has 7 heteroatoms. The molecule has 90 valence electrons. The van der Waals surface area contributed by atoms with Crippen LogP contribution in [0.15, 0.2) is 0 Å². The minimum Gasteiger partial charge on any atom is -0.480 e. The standard InChI is InChI=1S/C8H17NO5S/c1-2-4-7(8(10)11)9-5-3-6-15(12,13)14/h7,9H,2-6H2,1H3,(H,10,11)(H,12,13,14)/t7-/m1/s1. The number of aliphatic carboxylic acids is 1. The van der Waals surface area contributed by atoms with Gasteiger partial charge in [-0.25, -0.2) is 0 Å². The Kier molecular flexibility index (Phi) is 6.46. The van der Waals surface area contributed by atoms with Crippen LogP contribution in [0.3, 0.4) is 0 Å². The topological polar surface area (TPSA) is 104 Å². The lowest BCUT2D eigenvalue weighted by molar-refractivity contribution is -0.139. The van der Waals surface area contributed by atoms with Gasteiger partial charge in [-0.2, -0.15) is 8.42 Å². The highest BCUT2D eigenvalue weighted by atomic mass is 32.2. The van der Waals surface area contributed by atoms with Gasteiger partial charge in [-0.3, -0.25) is 9.35 Å². The Morgan fingerprint density at radius 2 is 2.07 bits per heavy atom. The summed E-state index contributed by atoms with van der Waals surface area (Å²) < 4.78 is 29.1. The van der Waals surface area contributed by atoms with E-state index in [9.17, 15) is 13.2 Å². The van der Waals surface area contributed by atoms with Gasteiger partial charge in [0.05, 0.1) is 5.75 Å². The number of nitrogens with one attached hydrogen (secondary N) is 1. The van der Waals surface area contributed by atoms with Gasteiger partial charge < -0.3 is 10.4 Å². The highest BCUT2D eigenvalue weighted by Crippen LogP contribution is 1.97. The molecule has 1 atom stereocenters. The Bertz CT molecular complexity index is 287. The fourth-order valence-electron chi connectivity index (χ4n) is 1.13. The Balaban J connectivity index is 3.77. The fraction of sp³-hybridized carbons (Fsp3) is 0.875. The number of hydrogen-bond donors (Lipinski definition) is 3. The lowest BCUT2D eigenvalue weighted by Crippen LogP contribution is -2.37. The maximum atomic E-state index is 10.7. The van der Waals surface area contributed by atoms with E-state index >= 15 is 0 Å². The van der Waals surface area contributed by atoms with Crippen molar-refractivity contribution in [3.05, 3.63) is 0 Å². The van der Waals surface area contributed by atoms with Crippen LogP contribution in [0.5, 0.6) is 0 Å². The molecule has 0 bridgehead atoms. The normalized spacial score (nSPS) is 13.7. The summed E-state index contributed by atoms with van der Waals surface area (Å²) in [5.74, 6) is -1.29. The van der Waals surface area contributed by atoms with Crippen LogP contribution in [0.1, 0.15) is 26.2 Å². The number of carboxylic acid groups (broad SMARTS) is 1. The van der Waals surface area contributed by atoms with Crippen molar-refractivity contribution in [1.29, 1.82) is 0 Å². The summed E-state index contributed by atoms with van der Waals surface area (Å²) in [4.78, 5) is 10.7. The SMILES string of the molecule is CCC[C@@H](NCCCS(=O)(=O)O)C(=O)O. The van der Waals surface area contributed by atoms with Gasteiger partial charge in [0.25, 0.3) is 10.1 Å². The lowest BCUT2D eigenvalue weighted by Gasteiger charge is -2.12. The Morgan fingerprint density at radius 1 is 1.47 bits per heavy atom. The van der Waals surface area contributed by atoms with Crippen molar-refractivity contribution in [3.63, 3.8) is 0 Å². The van der Waals surface area contributed by atoms with Crippen LogP contribution in [0.2, 0.25) is 0 Å². The first-order chi connectivity index (χ1) is 6.87. The van der Waals surface area contributed by atoms with Crippen molar-refractivity contribution in [2.24, 2.45) is 0 Å². The zero-order valence-corrected chi connectivity index (χ0v) is 9.46. The van der Waals surface area contributed by atoms with Gasteiger partial charge in [-0.15, -0.1) is 0 Å². The lowest BCUT2D eigenvalue weighted by atomic mass is 10.1. The summed E-state index contributed by atoms with van der Waals surface area (Å²) in [5, 5.41) is 11.5. The second-order valence-electron chi connectivity index (χ2n) is 3.27. The monoisotopic (exact) mass is 239 g/mol. The third-order valence-electron chi connectivity index (χ3n) is 1.85. The number of hydrogen-bond acceptors (Lipinski definition) is 4. The summed E-state index contributed by atoms with van der Waals surface area (Å²) in [6, 6.07) is -0.642. The zero-order valence-electron chi connectivity index (χ0n) is 8.64. The predicted octanol–water partition coefficient (Wildman–Crippen LogP) is 0.107. The van der Waals surface area contributed by atoms with Gasteiger partial charge in [0.1, 0.15) is 6.04 Å². The molecule has 0 saturated heterocycles. The van der Waals surface area contributed by atoms with Crippen molar-refractivity contribution in [3.8, 4) is 0 Å². The molecule has 0 radical (unpaired) electrons. The number of carboxylic acids is 1. The molecule has 0 aromatic carbocycles. The maximum absolute atomic E-state index is 10.7. The molecule has 0 saturated carbocycles. The second-order valence-corrected chi connectivity index (χ2v) is 4.85. The molecule has 0 heterocycles. The highest BCUT2D eigenvalue weighted by Gasteiger charge is 2.15. The summed E-state index contributed by atoms with van der Waals surface area (Å²) >= 11 is 0. The quantitative estimate of drug-likeness (QED) is 0.410. The Labute approximate surface area is 89.4 Å². The molecule has 0 aliphatic carbocycles. The molecule has 0 aromatic rings. The van der Waals surface area contributed by atoms with E-state index in [-0.39, 0.29) is 18.7 Å². The van der Waals surface area contributed by atoms with Gasteiger partial charge in [0, 0.05) is 0 Å². The zero-order chi connectivity index (χ0) is 11.9. The maximum Gasteiger partial charge on any atom is 0.320 e. The minimum atomic E-state index is -3.94. The average Bonchev–Trinajstić information content (AvgIpc) is 2.08. The molecule has 0 aliphatic rings. The fourth-order valence-corrected chi connectivity index (χ4v) is 1.64. The molecule has 0 amide bonds. The van der Waals surface area contributed by atoms with Gasteiger partial charge in [0.2, 0.25) is 0 Å². The van der Waals surface area contributed by atoms with Crippen LogP contribution in [0.25, 0.3) is 0 Å². The van der Waals surface area contributed by atoms with Gasteiger partial charge in [-0.1, -0.05) is 13.3 Å². The molecule has 0 fully saturated rings. The average molecular weight is 239 g/mol. The minimum absolute atomic E-state index is 0.201. The van der Waals surface area contributed by atoms with E-state index in [0.29, 0.717) is 6.42 Å². The smallest absolute Gasteiger partial charge is 0.320 e. The third-order valence-corrected chi connectivity index (χ3v) is 2.65. The Hall–Kier alpha value is -0.660. The molecule has 3 N–H and O–H groups in total. The largest absolute Gasteiger partial charge is 0.480 e. The third kappa shape index (κ3) is 8.34. The van der Waals surface area contributed by atoms with Crippen LogP contribution >= 0.6 is 0 Å². The van der Waals surface area contributed by atoms with Crippen molar-refractivity contribution in [1.82, 2.24) is 5.32 Å².